The van der Waals surface area contributed by atoms with Gasteiger partial charge in [-0.15, -0.1) is 11.8 Å². The summed E-state index contributed by atoms with van der Waals surface area (Å²) in [4.78, 5) is 19.6. The van der Waals surface area contributed by atoms with Crippen LogP contribution in [0.1, 0.15) is 5.82 Å². The highest BCUT2D eigenvalue weighted by atomic mass is 32.2. The highest BCUT2D eigenvalue weighted by Crippen LogP contribution is 2.19. The van der Waals surface area contributed by atoms with E-state index >= 15 is 0 Å². The van der Waals surface area contributed by atoms with Gasteiger partial charge < -0.3 is 4.57 Å². The van der Waals surface area contributed by atoms with E-state index in [0.29, 0.717) is 12.2 Å². The number of carbonyl (C=O) groups is 1. The molecule has 0 radical (unpaired) electrons. The third kappa shape index (κ3) is 1.86. The van der Waals surface area contributed by atoms with Gasteiger partial charge in [0, 0.05) is 7.05 Å². The minimum absolute atomic E-state index is 0.0382. The number of imidazole rings is 1. The number of aryl methyl sites for hydroxylation is 1. The van der Waals surface area contributed by atoms with Gasteiger partial charge >= 0.3 is 0 Å². The molecule has 1 aromatic carbocycles. The fourth-order valence-electron chi connectivity index (χ4n) is 1.93. The number of hydrogen-bond donors (Lipinski definition) is 0. The van der Waals surface area contributed by atoms with Crippen LogP contribution >= 0.6 is 11.8 Å². The fraction of sp³-hybridized carbons (Fsp3) is 0.250. The summed E-state index contributed by atoms with van der Waals surface area (Å²) in [6.07, 6.45) is 0.640. The Morgan fingerprint density at radius 1 is 1.41 bits per heavy atom. The highest BCUT2D eigenvalue weighted by molar-refractivity contribution is 8.15. The molecule has 0 N–H and O–H groups in total. The second kappa shape index (κ2) is 4.00. The molecular formula is C12H11N3OS. The molecule has 4 nitrogen and oxygen atoms in total. The number of nitrogens with zero attached hydrogens (tertiary/aromatic N) is 3. The first-order valence-electron chi connectivity index (χ1n) is 5.37. The number of fused-ring (bicyclic) bond motifs is 1. The Bertz CT molecular complexity index is 630. The van der Waals surface area contributed by atoms with Crippen LogP contribution in [0.15, 0.2) is 29.3 Å². The van der Waals surface area contributed by atoms with Crippen molar-refractivity contribution < 1.29 is 4.79 Å². The number of aromatic nitrogens is 2. The summed E-state index contributed by atoms with van der Waals surface area (Å²) in [5.74, 6) is 1.38. The second-order valence-corrected chi connectivity index (χ2v) is 4.99. The van der Waals surface area contributed by atoms with Gasteiger partial charge in [0.25, 0.3) is 5.91 Å². The highest BCUT2D eigenvalue weighted by Gasteiger charge is 2.17. The summed E-state index contributed by atoms with van der Waals surface area (Å²) >= 11 is 1.51. The van der Waals surface area contributed by atoms with E-state index < -0.39 is 0 Å². The smallest absolute Gasteiger partial charge is 0.256 e. The number of para-hydroxylation sites is 2. The Labute approximate surface area is 103 Å². The summed E-state index contributed by atoms with van der Waals surface area (Å²) in [7, 11) is 1.99. The predicted octanol–water partition coefficient (Wildman–Crippen LogP) is 1.79. The molecule has 0 unspecified atom stereocenters. The van der Waals surface area contributed by atoms with Crippen LogP contribution in [0.3, 0.4) is 0 Å². The van der Waals surface area contributed by atoms with Crippen molar-refractivity contribution in [1.82, 2.24) is 9.55 Å². The van der Waals surface area contributed by atoms with Crippen LogP contribution in [0.2, 0.25) is 0 Å². The number of hydrogen-bond acceptors (Lipinski definition) is 3. The van der Waals surface area contributed by atoms with Gasteiger partial charge in [0.15, 0.2) is 0 Å². The van der Waals surface area contributed by atoms with Gasteiger partial charge in [-0.05, 0) is 12.1 Å². The molecule has 0 atom stereocenters. The molecule has 0 saturated heterocycles. The molecule has 86 valence electrons. The quantitative estimate of drug-likeness (QED) is 0.810. The number of rotatable bonds is 2. The van der Waals surface area contributed by atoms with Crippen molar-refractivity contribution in [3.8, 4) is 0 Å². The molecule has 17 heavy (non-hydrogen) atoms. The minimum Gasteiger partial charge on any atom is -0.331 e. The van der Waals surface area contributed by atoms with Crippen molar-refractivity contribution >= 4 is 33.7 Å². The molecule has 1 aromatic heterocycles. The Morgan fingerprint density at radius 3 is 2.94 bits per heavy atom. The van der Waals surface area contributed by atoms with E-state index in [4.69, 9.17) is 0 Å². The lowest BCUT2D eigenvalue weighted by Gasteiger charge is -2.00. The van der Waals surface area contributed by atoms with Gasteiger partial charge in [0.2, 0.25) is 0 Å². The van der Waals surface area contributed by atoms with Crippen molar-refractivity contribution in [2.45, 2.75) is 6.42 Å². The molecule has 3 rings (SSSR count). The summed E-state index contributed by atoms with van der Waals surface area (Å²) in [5.41, 5.74) is 2.09. The Kier molecular flexibility index (Phi) is 2.48. The summed E-state index contributed by atoms with van der Waals surface area (Å²) in [6.45, 7) is 0. The Morgan fingerprint density at radius 2 is 2.24 bits per heavy atom. The van der Waals surface area contributed by atoms with Crippen LogP contribution in [-0.2, 0) is 18.3 Å². The van der Waals surface area contributed by atoms with E-state index in [-0.39, 0.29) is 5.91 Å². The van der Waals surface area contributed by atoms with Crippen LogP contribution in [0, 0.1) is 0 Å². The maximum Gasteiger partial charge on any atom is 0.256 e. The zero-order valence-corrected chi connectivity index (χ0v) is 10.2. The molecule has 0 aliphatic carbocycles. The summed E-state index contributed by atoms with van der Waals surface area (Å²) < 4.78 is 2.06. The van der Waals surface area contributed by atoms with E-state index in [1.165, 1.54) is 11.8 Å². The SMILES string of the molecule is Cn1c(CC2=NC(=O)CS2)nc2ccccc21. The molecule has 2 heterocycles. The first-order chi connectivity index (χ1) is 8.24. The van der Waals surface area contributed by atoms with E-state index in [0.717, 1.165) is 21.9 Å². The standard InChI is InChI=1S/C12H11N3OS/c1-15-9-5-3-2-4-8(9)13-10(15)6-12-14-11(16)7-17-12/h2-5H,6-7H2,1H3. The van der Waals surface area contributed by atoms with Crippen LogP contribution in [0.25, 0.3) is 11.0 Å². The van der Waals surface area contributed by atoms with Gasteiger partial charge in [0.05, 0.1) is 28.3 Å². The molecule has 1 amide bonds. The van der Waals surface area contributed by atoms with Crippen LogP contribution in [-0.4, -0.2) is 26.3 Å². The second-order valence-electron chi connectivity index (χ2n) is 3.94. The number of benzene rings is 1. The molecule has 0 bridgehead atoms. The lowest BCUT2D eigenvalue weighted by atomic mass is 10.3. The van der Waals surface area contributed by atoms with E-state index in [2.05, 4.69) is 14.5 Å². The molecule has 0 spiro atoms. The van der Waals surface area contributed by atoms with Gasteiger partial charge in [-0.1, -0.05) is 12.1 Å². The van der Waals surface area contributed by atoms with Crippen molar-refractivity contribution in [3.63, 3.8) is 0 Å². The van der Waals surface area contributed by atoms with Gasteiger partial charge in [-0.2, -0.15) is 0 Å². The molecule has 1 aliphatic rings. The van der Waals surface area contributed by atoms with Crippen LogP contribution in [0.5, 0.6) is 0 Å². The zero-order chi connectivity index (χ0) is 11.8. The third-order valence-electron chi connectivity index (χ3n) is 2.80. The molecular weight excluding hydrogens is 234 g/mol. The van der Waals surface area contributed by atoms with E-state index in [1.54, 1.807) is 0 Å². The van der Waals surface area contributed by atoms with Crippen LogP contribution < -0.4 is 0 Å². The first kappa shape index (κ1) is 10.5. The molecule has 0 fully saturated rings. The summed E-state index contributed by atoms with van der Waals surface area (Å²) in [5, 5.41) is 0.869. The largest absolute Gasteiger partial charge is 0.331 e. The zero-order valence-electron chi connectivity index (χ0n) is 9.38. The normalized spacial score (nSPS) is 15.6. The van der Waals surface area contributed by atoms with Gasteiger partial charge in [-0.25, -0.2) is 9.98 Å². The van der Waals surface area contributed by atoms with Crippen molar-refractivity contribution in [2.75, 3.05) is 5.75 Å². The average molecular weight is 245 g/mol. The maximum atomic E-state index is 11.1. The number of amides is 1. The maximum absolute atomic E-state index is 11.1. The van der Waals surface area contributed by atoms with Crippen molar-refractivity contribution in [3.05, 3.63) is 30.1 Å². The minimum atomic E-state index is -0.0382. The molecule has 1 aliphatic heterocycles. The van der Waals surface area contributed by atoms with Crippen molar-refractivity contribution in [2.24, 2.45) is 12.0 Å². The average Bonchev–Trinajstić information content (AvgIpc) is 2.86. The predicted molar refractivity (Wildman–Crippen MR) is 69.3 cm³/mol. The topological polar surface area (TPSA) is 47.2 Å². The first-order valence-corrected chi connectivity index (χ1v) is 6.36. The van der Waals surface area contributed by atoms with E-state index in [9.17, 15) is 4.79 Å². The third-order valence-corrected chi connectivity index (χ3v) is 3.76. The monoisotopic (exact) mass is 245 g/mol. The molecule has 0 saturated carbocycles. The fourth-order valence-corrected chi connectivity index (χ4v) is 2.68. The lowest BCUT2D eigenvalue weighted by molar-refractivity contribution is -0.115. The van der Waals surface area contributed by atoms with E-state index in [1.807, 2.05) is 31.3 Å². The number of aliphatic imine (C=N–C) groups is 1. The van der Waals surface area contributed by atoms with Gasteiger partial charge in [-0.3, -0.25) is 4.79 Å². The molecule has 5 heteroatoms. The summed E-state index contributed by atoms with van der Waals surface area (Å²) in [6, 6.07) is 8.01. The van der Waals surface area contributed by atoms with Crippen molar-refractivity contribution in [1.29, 1.82) is 0 Å². The Hall–Kier alpha value is -1.62. The van der Waals surface area contributed by atoms with Gasteiger partial charge in [0.1, 0.15) is 5.82 Å². The number of thioether (sulfide) groups is 1. The molecule has 2 aromatic rings. The van der Waals surface area contributed by atoms with Crippen LogP contribution in [0.4, 0.5) is 0 Å². The number of carbonyl (C=O) groups excluding carboxylic acids is 1. The lowest BCUT2D eigenvalue weighted by Crippen LogP contribution is -2.03. The Balaban J connectivity index is 1.98.